The summed E-state index contributed by atoms with van der Waals surface area (Å²) in [6.07, 6.45) is 0. The Labute approximate surface area is 124 Å². The van der Waals surface area contributed by atoms with E-state index >= 15 is 0 Å². The number of nitrogens with one attached hydrogen (secondary N) is 1. The van der Waals surface area contributed by atoms with E-state index in [1.807, 2.05) is 24.3 Å². The molecule has 0 aliphatic carbocycles. The van der Waals surface area contributed by atoms with Gasteiger partial charge in [0, 0.05) is 32.7 Å². The maximum atomic E-state index is 5.47. The average molecular weight is 291 g/mol. The van der Waals surface area contributed by atoms with E-state index in [0.29, 0.717) is 32.3 Å². The molecule has 0 saturated heterocycles. The fourth-order valence-electron chi connectivity index (χ4n) is 2.09. The normalized spacial score (nSPS) is 10.8. The number of hydrogen-bond acceptors (Lipinski definition) is 7. The topological polar surface area (TPSA) is 85.5 Å². The Morgan fingerprint density at radius 1 is 1.10 bits per heavy atom. The van der Waals surface area contributed by atoms with Crippen LogP contribution in [-0.2, 0) is 9.47 Å². The van der Waals surface area contributed by atoms with Gasteiger partial charge in [0.15, 0.2) is 0 Å². The predicted molar refractivity (Wildman–Crippen MR) is 83.3 cm³/mol. The zero-order valence-electron chi connectivity index (χ0n) is 12.4. The van der Waals surface area contributed by atoms with Gasteiger partial charge in [-0.1, -0.05) is 12.1 Å². The second-order valence-electron chi connectivity index (χ2n) is 4.50. The van der Waals surface area contributed by atoms with Crippen LogP contribution in [0.5, 0.6) is 0 Å². The van der Waals surface area contributed by atoms with Crippen molar-refractivity contribution in [3.63, 3.8) is 0 Å². The summed E-state index contributed by atoms with van der Waals surface area (Å²) >= 11 is 0. The van der Waals surface area contributed by atoms with Gasteiger partial charge in [0.05, 0.1) is 18.7 Å². The number of fused-ring (bicyclic) bond motifs is 1. The second-order valence-corrected chi connectivity index (χ2v) is 4.50. The summed E-state index contributed by atoms with van der Waals surface area (Å²) in [7, 11) is 3.36. The first-order valence-corrected chi connectivity index (χ1v) is 6.76. The van der Waals surface area contributed by atoms with Crippen molar-refractivity contribution in [2.24, 2.45) is 5.84 Å². The molecule has 0 amide bonds. The van der Waals surface area contributed by atoms with E-state index in [1.54, 1.807) is 14.2 Å². The standard InChI is InChI=1S/C14H21N5O2/c1-20-9-7-19(8-10-21-2)13-11-5-3-4-6-12(11)16-14(17-13)18-15/h3-6H,7-10,15H2,1-2H3,(H,16,17,18). The van der Waals surface area contributed by atoms with E-state index < -0.39 is 0 Å². The van der Waals surface area contributed by atoms with Gasteiger partial charge in [-0.25, -0.2) is 10.8 Å². The maximum absolute atomic E-state index is 5.47. The van der Waals surface area contributed by atoms with Crippen molar-refractivity contribution in [1.82, 2.24) is 9.97 Å². The van der Waals surface area contributed by atoms with Crippen LogP contribution < -0.4 is 16.2 Å². The van der Waals surface area contributed by atoms with Gasteiger partial charge in [-0.3, -0.25) is 5.43 Å². The summed E-state index contributed by atoms with van der Waals surface area (Å²) < 4.78 is 10.4. The van der Waals surface area contributed by atoms with E-state index in [0.717, 1.165) is 16.7 Å². The lowest BCUT2D eigenvalue weighted by Crippen LogP contribution is -2.32. The first kappa shape index (κ1) is 15.4. The second kappa shape index (κ2) is 7.72. The number of rotatable bonds is 8. The molecule has 114 valence electrons. The fourth-order valence-corrected chi connectivity index (χ4v) is 2.09. The van der Waals surface area contributed by atoms with E-state index in [4.69, 9.17) is 15.3 Å². The molecule has 0 fully saturated rings. The molecule has 1 aromatic carbocycles. The average Bonchev–Trinajstić information content (AvgIpc) is 2.54. The lowest BCUT2D eigenvalue weighted by atomic mass is 10.2. The summed E-state index contributed by atoms with van der Waals surface area (Å²) in [5.41, 5.74) is 3.36. The first-order chi connectivity index (χ1) is 10.3. The molecular formula is C14H21N5O2. The molecule has 0 bridgehead atoms. The van der Waals surface area contributed by atoms with Gasteiger partial charge in [-0.05, 0) is 12.1 Å². The maximum Gasteiger partial charge on any atom is 0.239 e. The van der Waals surface area contributed by atoms with Crippen LogP contribution in [0, 0.1) is 0 Å². The summed E-state index contributed by atoms with van der Waals surface area (Å²) in [6, 6.07) is 7.84. The number of aromatic nitrogens is 2. The zero-order valence-corrected chi connectivity index (χ0v) is 12.4. The van der Waals surface area contributed by atoms with E-state index in [2.05, 4.69) is 20.3 Å². The summed E-state index contributed by atoms with van der Waals surface area (Å²) in [5, 5.41) is 0.976. The smallest absolute Gasteiger partial charge is 0.239 e. The minimum atomic E-state index is 0.392. The molecule has 2 aromatic rings. The van der Waals surface area contributed by atoms with E-state index in [1.165, 1.54) is 0 Å². The number of anilines is 2. The van der Waals surface area contributed by atoms with E-state index in [-0.39, 0.29) is 0 Å². The van der Waals surface area contributed by atoms with Crippen molar-refractivity contribution in [1.29, 1.82) is 0 Å². The lowest BCUT2D eigenvalue weighted by molar-refractivity contribution is 0.190. The van der Waals surface area contributed by atoms with Gasteiger partial charge in [-0.15, -0.1) is 0 Å². The number of benzene rings is 1. The highest BCUT2D eigenvalue weighted by molar-refractivity contribution is 5.90. The van der Waals surface area contributed by atoms with E-state index in [9.17, 15) is 0 Å². The third kappa shape index (κ3) is 3.78. The molecule has 0 saturated carbocycles. The van der Waals surface area contributed by atoms with Gasteiger partial charge >= 0.3 is 0 Å². The molecule has 7 heteroatoms. The Bertz CT molecular complexity index is 570. The Kier molecular flexibility index (Phi) is 5.68. The molecule has 0 aliphatic heterocycles. The van der Waals surface area contributed by atoms with Gasteiger partial charge < -0.3 is 14.4 Å². The van der Waals surface area contributed by atoms with Crippen LogP contribution >= 0.6 is 0 Å². The summed E-state index contributed by atoms with van der Waals surface area (Å²) in [5.74, 6) is 6.68. The molecular weight excluding hydrogens is 270 g/mol. The molecule has 0 radical (unpaired) electrons. The Balaban J connectivity index is 2.43. The Morgan fingerprint density at radius 2 is 1.76 bits per heavy atom. The SMILES string of the molecule is COCCN(CCOC)c1nc(NN)nc2ccccc12. The van der Waals surface area contributed by atoms with Crippen molar-refractivity contribution in [3.05, 3.63) is 24.3 Å². The molecule has 0 unspecified atom stereocenters. The predicted octanol–water partition coefficient (Wildman–Crippen LogP) is 1.01. The molecule has 0 atom stereocenters. The minimum Gasteiger partial charge on any atom is -0.383 e. The van der Waals surface area contributed by atoms with Crippen molar-refractivity contribution >= 4 is 22.7 Å². The number of methoxy groups -OCH3 is 2. The molecule has 2 rings (SSSR count). The summed E-state index contributed by atoms with van der Waals surface area (Å²) in [4.78, 5) is 11.0. The zero-order chi connectivity index (χ0) is 15.1. The van der Waals surface area contributed by atoms with Crippen molar-refractivity contribution in [3.8, 4) is 0 Å². The van der Waals surface area contributed by atoms with Crippen LogP contribution in [-0.4, -0.2) is 50.5 Å². The Hall–Kier alpha value is -1.96. The molecule has 3 N–H and O–H groups in total. The third-order valence-electron chi connectivity index (χ3n) is 3.14. The highest BCUT2D eigenvalue weighted by atomic mass is 16.5. The Morgan fingerprint density at radius 3 is 2.38 bits per heavy atom. The number of ether oxygens (including phenoxy) is 2. The van der Waals surface area contributed by atoms with Crippen LogP contribution in [0.3, 0.4) is 0 Å². The number of hydrogen-bond donors (Lipinski definition) is 2. The quantitative estimate of drug-likeness (QED) is 0.554. The minimum absolute atomic E-state index is 0.392. The molecule has 7 nitrogen and oxygen atoms in total. The monoisotopic (exact) mass is 291 g/mol. The van der Waals surface area contributed by atoms with Gasteiger partial charge in [-0.2, -0.15) is 4.98 Å². The molecule has 1 aromatic heterocycles. The third-order valence-corrected chi connectivity index (χ3v) is 3.14. The largest absolute Gasteiger partial charge is 0.383 e. The molecule has 0 aliphatic rings. The first-order valence-electron chi connectivity index (χ1n) is 6.76. The van der Waals surface area contributed by atoms with Crippen LogP contribution in [0.4, 0.5) is 11.8 Å². The highest BCUT2D eigenvalue weighted by Gasteiger charge is 2.14. The lowest BCUT2D eigenvalue weighted by Gasteiger charge is -2.24. The van der Waals surface area contributed by atoms with Crippen LogP contribution in [0.1, 0.15) is 0 Å². The van der Waals surface area contributed by atoms with Gasteiger partial charge in [0.25, 0.3) is 0 Å². The summed E-state index contributed by atoms with van der Waals surface area (Å²) in [6.45, 7) is 2.64. The fraction of sp³-hybridized carbons (Fsp3) is 0.429. The van der Waals surface area contributed by atoms with Crippen molar-refractivity contribution in [2.75, 3.05) is 50.8 Å². The number of para-hydroxylation sites is 1. The number of nitrogens with two attached hydrogens (primary N) is 1. The van der Waals surface area contributed by atoms with Crippen molar-refractivity contribution < 1.29 is 9.47 Å². The van der Waals surface area contributed by atoms with Crippen LogP contribution in [0.2, 0.25) is 0 Å². The highest BCUT2D eigenvalue weighted by Crippen LogP contribution is 2.24. The van der Waals surface area contributed by atoms with Crippen LogP contribution in [0.15, 0.2) is 24.3 Å². The number of nitrogens with zero attached hydrogens (tertiary/aromatic N) is 3. The number of nitrogen functional groups attached to an aromatic ring is 1. The van der Waals surface area contributed by atoms with Crippen LogP contribution in [0.25, 0.3) is 10.9 Å². The van der Waals surface area contributed by atoms with Gasteiger partial charge in [0.1, 0.15) is 5.82 Å². The number of hydrazine groups is 1. The van der Waals surface area contributed by atoms with Gasteiger partial charge in [0.2, 0.25) is 5.95 Å². The van der Waals surface area contributed by atoms with Crippen molar-refractivity contribution in [2.45, 2.75) is 0 Å². The molecule has 1 heterocycles. The molecule has 21 heavy (non-hydrogen) atoms. The molecule has 0 spiro atoms.